The average molecular weight is 514 g/mol. The van der Waals surface area contributed by atoms with E-state index in [1.165, 1.54) is 18.4 Å². The second kappa shape index (κ2) is 12.1. The highest BCUT2D eigenvalue weighted by Crippen LogP contribution is 2.34. The number of benzene rings is 1. The molecule has 3 atom stereocenters. The molecule has 2 aliphatic rings. The summed E-state index contributed by atoms with van der Waals surface area (Å²) >= 11 is 0. The van der Waals surface area contributed by atoms with Crippen molar-refractivity contribution in [3.8, 4) is 0 Å². The van der Waals surface area contributed by atoms with Crippen LogP contribution in [0, 0.1) is 5.92 Å². The third-order valence-electron chi connectivity index (χ3n) is 6.55. The predicted octanol–water partition coefficient (Wildman–Crippen LogP) is 3.33. The zero-order valence-corrected chi connectivity index (χ0v) is 21.0. The molecule has 0 bridgehead atoms. The number of hydrogen-bond acceptors (Lipinski definition) is 3. The van der Waals surface area contributed by atoms with Gasteiger partial charge in [-0.25, -0.2) is 0 Å². The molecule has 5 nitrogen and oxygen atoms in total. The fourth-order valence-electron chi connectivity index (χ4n) is 4.69. The van der Waals surface area contributed by atoms with Crippen molar-refractivity contribution >= 4 is 29.9 Å². The number of likely N-dealkylation sites (N-methyl/N-ethyl adjacent to an activating group) is 2. The van der Waals surface area contributed by atoms with E-state index < -0.39 is 0 Å². The quantitative estimate of drug-likeness (QED) is 0.372. The number of nitrogens with one attached hydrogen (secondary N) is 1. The minimum atomic E-state index is 0. The van der Waals surface area contributed by atoms with E-state index in [0.717, 1.165) is 51.8 Å². The van der Waals surface area contributed by atoms with Gasteiger partial charge in [0.15, 0.2) is 5.96 Å². The lowest BCUT2D eigenvalue weighted by Gasteiger charge is -2.41. The Balaban J connectivity index is 0.00000300. The minimum Gasteiger partial charge on any atom is -0.357 e. The molecule has 1 N–H and O–H groups in total. The maximum absolute atomic E-state index is 5.08. The summed E-state index contributed by atoms with van der Waals surface area (Å²) in [6.07, 6.45) is 2.42. The summed E-state index contributed by atoms with van der Waals surface area (Å²) in [5.41, 5.74) is 1.50. The van der Waals surface area contributed by atoms with Crippen molar-refractivity contribution in [3.63, 3.8) is 0 Å². The van der Waals surface area contributed by atoms with Crippen LogP contribution in [0.1, 0.15) is 38.2 Å². The fourth-order valence-corrected chi connectivity index (χ4v) is 4.69. The highest BCUT2D eigenvalue weighted by atomic mass is 127. The summed E-state index contributed by atoms with van der Waals surface area (Å²) in [5.74, 6) is 2.46. The normalized spacial score (nSPS) is 26.8. The molecule has 0 spiro atoms. The van der Waals surface area contributed by atoms with Crippen molar-refractivity contribution in [2.45, 2.75) is 38.6 Å². The van der Waals surface area contributed by atoms with Crippen LogP contribution < -0.4 is 5.32 Å². The van der Waals surface area contributed by atoms with Crippen LogP contribution in [-0.2, 0) is 0 Å². The van der Waals surface area contributed by atoms with Gasteiger partial charge in [0.25, 0.3) is 0 Å². The molecule has 0 amide bonds. The van der Waals surface area contributed by atoms with Crippen molar-refractivity contribution in [2.24, 2.45) is 10.9 Å². The smallest absolute Gasteiger partial charge is 0.193 e. The molecule has 29 heavy (non-hydrogen) atoms. The van der Waals surface area contributed by atoms with E-state index in [1.807, 2.05) is 0 Å². The third kappa shape index (κ3) is 6.56. The number of aliphatic imine (C=N–C) groups is 1. The largest absolute Gasteiger partial charge is 0.357 e. The lowest BCUT2D eigenvalue weighted by atomic mass is 9.79. The number of guanidine groups is 1. The monoisotopic (exact) mass is 513 g/mol. The number of nitrogens with zero attached hydrogens (tertiary/aromatic N) is 4. The topological polar surface area (TPSA) is 34.1 Å². The van der Waals surface area contributed by atoms with Crippen LogP contribution in [0.3, 0.4) is 0 Å². The first kappa shape index (κ1) is 24.4. The average Bonchev–Trinajstić information content (AvgIpc) is 2.73. The van der Waals surface area contributed by atoms with Gasteiger partial charge in [0, 0.05) is 45.3 Å². The van der Waals surface area contributed by atoms with E-state index >= 15 is 0 Å². The highest BCUT2D eigenvalue weighted by Gasteiger charge is 2.31. The summed E-state index contributed by atoms with van der Waals surface area (Å²) in [7, 11) is 4.45. The van der Waals surface area contributed by atoms with Gasteiger partial charge in [-0.05, 0) is 44.8 Å². The lowest BCUT2D eigenvalue weighted by Crippen LogP contribution is -2.52. The van der Waals surface area contributed by atoms with Gasteiger partial charge in [-0.2, -0.15) is 0 Å². The molecule has 164 valence electrons. The van der Waals surface area contributed by atoms with E-state index in [4.69, 9.17) is 4.99 Å². The van der Waals surface area contributed by atoms with Gasteiger partial charge in [-0.1, -0.05) is 43.7 Å². The Kier molecular flexibility index (Phi) is 10.2. The number of piperazine rings is 1. The van der Waals surface area contributed by atoms with E-state index in [1.54, 1.807) is 0 Å². The van der Waals surface area contributed by atoms with Crippen LogP contribution >= 0.6 is 24.0 Å². The maximum Gasteiger partial charge on any atom is 0.193 e. The van der Waals surface area contributed by atoms with Gasteiger partial charge in [0.2, 0.25) is 0 Å². The van der Waals surface area contributed by atoms with Crippen molar-refractivity contribution in [2.75, 3.05) is 59.9 Å². The molecule has 3 unspecified atom stereocenters. The summed E-state index contributed by atoms with van der Waals surface area (Å²) in [6.45, 7) is 11.9. The van der Waals surface area contributed by atoms with Gasteiger partial charge in [0.05, 0.1) is 6.54 Å². The molecule has 2 heterocycles. The molecular weight excluding hydrogens is 473 g/mol. The standard InChI is InChI=1S/C23H39N5.HI/c1-5-19-17-28(13-12-22(19)20-10-8-7-9-11-20)23(24-6-2)25-16-21-18-26(3)14-15-27(21)4;/h7-11,19,21-22H,5-6,12-18H2,1-4H3,(H,24,25);1H. The molecule has 0 saturated carbocycles. The number of halogens is 1. The number of piperidine rings is 1. The van der Waals surface area contributed by atoms with Crippen molar-refractivity contribution in [3.05, 3.63) is 35.9 Å². The summed E-state index contributed by atoms with van der Waals surface area (Å²) in [4.78, 5) is 12.5. The number of rotatable bonds is 5. The molecule has 2 saturated heterocycles. The second-order valence-corrected chi connectivity index (χ2v) is 8.51. The van der Waals surface area contributed by atoms with Crippen molar-refractivity contribution < 1.29 is 0 Å². The zero-order chi connectivity index (χ0) is 19.9. The zero-order valence-electron chi connectivity index (χ0n) is 18.7. The Morgan fingerprint density at radius 1 is 1.07 bits per heavy atom. The molecule has 0 radical (unpaired) electrons. The predicted molar refractivity (Wildman–Crippen MR) is 134 cm³/mol. The van der Waals surface area contributed by atoms with Gasteiger partial charge in [-0.3, -0.25) is 9.89 Å². The lowest BCUT2D eigenvalue weighted by molar-refractivity contribution is 0.119. The summed E-state index contributed by atoms with van der Waals surface area (Å²) < 4.78 is 0. The molecular formula is C23H40IN5. The van der Waals surface area contributed by atoms with E-state index in [-0.39, 0.29) is 24.0 Å². The van der Waals surface area contributed by atoms with Gasteiger partial charge >= 0.3 is 0 Å². The highest BCUT2D eigenvalue weighted by molar-refractivity contribution is 14.0. The molecule has 0 aliphatic carbocycles. The number of hydrogen-bond donors (Lipinski definition) is 1. The van der Waals surface area contributed by atoms with Crippen LogP contribution in [0.2, 0.25) is 0 Å². The van der Waals surface area contributed by atoms with Gasteiger partial charge in [-0.15, -0.1) is 24.0 Å². The van der Waals surface area contributed by atoms with Crippen LogP contribution in [0.15, 0.2) is 35.3 Å². The molecule has 3 rings (SSSR count). The summed E-state index contributed by atoms with van der Waals surface area (Å²) in [5, 5.41) is 3.56. The van der Waals surface area contributed by atoms with Crippen LogP contribution in [-0.4, -0.2) is 86.6 Å². The molecule has 2 aliphatic heterocycles. The van der Waals surface area contributed by atoms with Crippen LogP contribution in [0.4, 0.5) is 0 Å². The molecule has 1 aromatic rings. The Morgan fingerprint density at radius 3 is 2.52 bits per heavy atom. The van der Waals surface area contributed by atoms with Gasteiger partial charge in [0.1, 0.15) is 0 Å². The Bertz CT molecular complexity index is 623. The SMILES string of the molecule is CCNC(=NCC1CN(C)CCN1C)N1CCC(c2ccccc2)C(CC)C1.I. The molecule has 6 heteroatoms. The van der Waals surface area contributed by atoms with Gasteiger partial charge < -0.3 is 15.1 Å². The van der Waals surface area contributed by atoms with E-state index in [2.05, 4.69) is 78.3 Å². The van der Waals surface area contributed by atoms with Crippen molar-refractivity contribution in [1.29, 1.82) is 0 Å². The van der Waals surface area contributed by atoms with E-state index in [0.29, 0.717) is 17.9 Å². The second-order valence-electron chi connectivity index (χ2n) is 8.51. The maximum atomic E-state index is 5.08. The first-order valence-electron chi connectivity index (χ1n) is 11.1. The van der Waals surface area contributed by atoms with Crippen LogP contribution in [0.5, 0.6) is 0 Å². The van der Waals surface area contributed by atoms with E-state index in [9.17, 15) is 0 Å². The van der Waals surface area contributed by atoms with Crippen molar-refractivity contribution in [1.82, 2.24) is 20.0 Å². The first-order valence-corrected chi connectivity index (χ1v) is 11.1. The third-order valence-corrected chi connectivity index (χ3v) is 6.55. The summed E-state index contributed by atoms with van der Waals surface area (Å²) in [6, 6.07) is 11.6. The Labute approximate surface area is 194 Å². The molecule has 1 aromatic carbocycles. The fraction of sp³-hybridized carbons (Fsp3) is 0.696. The molecule has 2 fully saturated rings. The number of likely N-dealkylation sites (tertiary alicyclic amines) is 1. The minimum absolute atomic E-state index is 0. The first-order chi connectivity index (χ1) is 13.6. The Morgan fingerprint density at radius 2 is 1.83 bits per heavy atom. The van der Waals surface area contributed by atoms with Crippen LogP contribution in [0.25, 0.3) is 0 Å². The molecule has 0 aromatic heterocycles. The Hall–Kier alpha value is -0.860.